The fourth-order valence-electron chi connectivity index (χ4n) is 3.16. The van der Waals surface area contributed by atoms with Gasteiger partial charge in [0.25, 0.3) is 0 Å². The highest BCUT2D eigenvalue weighted by molar-refractivity contribution is 5.92. The normalized spacial score (nSPS) is 26.4. The molecule has 0 amide bonds. The first-order valence-corrected chi connectivity index (χ1v) is 7.20. The van der Waals surface area contributed by atoms with Crippen LogP contribution in [0.15, 0.2) is 23.3 Å². The van der Waals surface area contributed by atoms with Gasteiger partial charge in [0.15, 0.2) is 5.78 Å². The quantitative estimate of drug-likeness (QED) is 0.769. The van der Waals surface area contributed by atoms with Crippen molar-refractivity contribution < 1.29 is 14.7 Å². The summed E-state index contributed by atoms with van der Waals surface area (Å²) in [4.78, 5) is 22.3. The second-order valence-electron chi connectivity index (χ2n) is 6.87. The monoisotopic (exact) mass is 278 g/mol. The largest absolute Gasteiger partial charge is 0.478 e. The van der Waals surface area contributed by atoms with Crippen molar-refractivity contribution in [2.75, 3.05) is 0 Å². The number of rotatable bonds is 5. The number of ketones is 1. The molecule has 0 heterocycles. The van der Waals surface area contributed by atoms with Crippen LogP contribution in [0.4, 0.5) is 0 Å². The van der Waals surface area contributed by atoms with Crippen molar-refractivity contribution in [1.82, 2.24) is 0 Å². The van der Waals surface area contributed by atoms with Crippen LogP contribution < -0.4 is 0 Å². The fourth-order valence-corrected chi connectivity index (χ4v) is 3.16. The zero-order chi connectivity index (χ0) is 15.6. The van der Waals surface area contributed by atoms with Gasteiger partial charge in [-0.1, -0.05) is 31.9 Å². The first-order valence-electron chi connectivity index (χ1n) is 7.20. The van der Waals surface area contributed by atoms with Crippen molar-refractivity contribution in [3.63, 3.8) is 0 Å². The molecule has 0 bridgehead atoms. The summed E-state index contributed by atoms with van der Waals surface area (Å²) < 4.78 is 0. The summed E-state index contributed by atoms with van der Waals surface area (Å²) in [5.41, 5.74) is 2.00. The van der Waals surface area contributed by atoms with Crippen molar-refractivity contribution in [3.05, 3.63) is 23.3 Å². The van der Waals surface area contributed by atoms with E-state index in [-0.39, 0.29) is 16.6 Å². The van der Waals surface area contributed by atoms with Gasteiger partial charge in [-0.3, -0.25) is 4.79 Å². The smallest absolute Gasteiger partial charge is 0.328 e. The third kappa shape index (κ3) is 3.59. The van der Waals surface area contributed by atoms with Crippen molar-refractivity contribution in [2.24, 2.45) is 10.8 Å². The molecule has 20 heavy (non-hydrogen) atoms. The molecule has 0 saturated carbocycles. The van der Waals surface area contributed by atoms with Crippen molar-refractivity contribution >= 4 is 11.8 Å². The average Bonchev–Trinajstić information content (AvgIpc) is 2.24. The molecule has 3 heteroatoms. The van der Waals surface area contributed by atoms with Crippen molar-refractivity contribution in [2.45, 2.75) is 60.3 Å². The summed E-state index contributed by atoms with van der Waals surface area (Å²) in [7, 11) is 0. The van der Waals surface area contributed by atoms with E-state index in [9.17, 15) is 9.59 Å². The van der Waals surface area contributed by atoms with Gasteiger partial charge < -0.3 is 5.11 Å². The van der Waals surface area contributed by atoms with Gasteiger partial charge in [-0.25, -0.2) is 4.79 Å². The predicted molar refractivity (Wildman–Crippen MR) is 80.5 cm³/mol. The SMILES string of the molecule is CC(=CC(=O)O)CCCC1(C)C(C)=CC(=O)CC1(C)C. The van der Waals surface area contributed by atoms with Gasteiger partial charge in [0.1, 0.15) is 0 Å². The maximum atomic E-state index is 11.7. The van der Waals surface area contributed by atoms with Crippen LogP contribution in [0.1, 0.15) is 60.3 Å². The van der Waals surface area contributed by atoms with Gasteiger partial charge in [-0.2, -0.15) is 0 Å². The van der Waals surface area contributed by atoms with Crippen LogP contribution in [-0.2, 0) is 9.59 Å². The standard InChI is InChI=1S/C17H26O3/c1-12(9-15(19)20)7-6-8-17(5)13(2)10-14(18)11-16(17,3)4/h9-10H,6-8,11H2,1-5H3,(H,19,20). The number of carboxylic acid groups (broad SMARTS) is 1. The Morgan fingerprint density at radius 3 is 2.50 bits per heavy atom. The molecule has 112 valence electrons. The van der Waals surface area contributed by atoms with Gasteiger partial charge in [-0.05, 0) is 50.0 Å². The molecule has 0 aromatic heterocycles. The lowest BCUT2D eigenvalue weighted by molar-refractivity contribution is -0.131. The van der Waals surface area contributed by atoms with Crippen LogP contribution in [0.5, 0.6) is 0 Å². The van der Waals surface area contributed by atoms with Gasteiger partial charge in [-0.15, -0.1) is 0 Å². The van der Waals surface area contributed by atoms with E-state index in [2.05, 4.69) is 20.8 Å². The second kappa shape index (κ2) is 5.94. The minimum Gasteiger partial charge on any atom is -0.478 e. The molecule has 1 unspecified atom stereocenters. The van der Waals surface area contributed by atoms with Crippen LogP contribution >= 0.6 is 0 Å². The van der Waals surface area contributed by atoms with E-state index >= 15 is 0 Å². The Balaban J connectivity index is 2.76. The highest BCUT2D eigenvalue weighted by atomic mass is 16.4. The first-order chi connectivity index (χ1) is 9.08. The molecule has 0 aromatic carbocycles. The molecule has 1 rings (SSSR count). The highest BCUT2D eigenvalue weighted by Crippen LogP contribution is 2.52. The highest BCUT2D eigenvalue weighted by Gasteiger charge is 2.45. The molecule has 0 saturated heterocycles. The van der Waals surface area contributed by atoms with E-state index in [1.54, 1.807) is 6.08 Å². The summed E-state index contributed by atoms with van der Waals surface area (Å²) in [5, 5.41) is 8.71. The number of carboxylic acids is 1. The molecule has 0 fully saturated rings. The van der Waals surface area contributed by atoms with Crippen LogP contribution in [0.3, 0.4) is 0 Å². The maximum absolute atomic E-state index is 11.7. The van der Waals surface area contributed by atoms with E-state index in [1.807, 2.05) is 13.8 Å². The lowest BCUT2D eigenvalue weighted by Crippen LogP contribution is -2.41. The lowest BCUT2D eigenvalue weighted by atomic mass is 9.56. The fraction of sp³-hybridized carbons (Fsp3) is 0.647. The van der Waals surface area contributed by atoms with E-state index in [0.717, 1.165) is 30.4 Å². The second-order valence-corrected chi connectivity index (χ2v) is 6.87. The zero-order valence-corrected chi connectivity index (χ0v) is 13.2. The number of hydrogen-bond acceptors (Lipinski definition) is 2. The molecule has 1 atom stereocenters. The Hall–Kier alpha value is -1.38. The minimum atomic E-state index is -0.881. The number of carbonyl (C=O) groups excluding carboxylic acids is 1. The predicted octanol–water partition coefficient (Wildman–Crippen LogP) is 4.14. The van der Waals surface area contributed by atoms with Gasteiger partial charge in [0.05, 0.1) is 0 Å². The summed E-state index contributed by atoms with van der Waals surface area (Å²) in [6.45, 7) is 10.4. The molecular weight excluding hydrogens is 252 g/mol. The van der Waals surface area contributed by atoms with Crippen LogP contribution in [0.2, 0.25) is 0 Å². The van der Waals surface area contributed by atoms with Crippen LogP contribution in [0.25, 0.3) is 0 Å². The number of hydrogen-bond donors (Lipinski definition) is 1. The topological polar surface area (TPSA) is 54.4 Å². The maximum Gasteiger partial charge on any atom is 0.328 e. The third-order valence-corrected chi connectivity index (χ3v) is 4.98. The Kier molecular flexibility index (Phi) is 4.95. The number of aliphatic carboxylic acids is 1. The Morgan fingerprint density at radius 1 is 1.40 bits per heavy atom. The minimum absolute atomic E-state index is 0.00438. The molecule has 0 aromatic rings. The molecule has 1 aliphatic carbocycles. The lowest BCUT2D eigenvalue weighted by Gasteiger charge is -2.48. The molecule has 1 aliphatic rings. The van der Waals surface area contributed by atoms with Gasteiger partial charge in [0.2, 0.25) is 0 Å². The van der Waals surface area contributed by atoms with E-state index in [1.165, 1.54) is 6.08 Å². The summed E-state index contributed by atoms with van der Waals surface area (Å²) in [6, 6.07) is 0. The molecule has 0 spiro atoms. The molecule has 0 aliphatic heterocycles. The first kappa shape index (κ1) is 16.7. The summed E-state index contributed by atoms with van der Waals surface area (Å²) in [6.07, 6.45) is 6.35. The van der Waals surface area contributed by atoms with Crippen LogP contribution in [0, 0.1) is 10.8 Å². The van der Waals surface area contributed by atoms with E-state index < -0.39 is 5.97 Å². The number of allylic oxidation sites excluding steroid dienone is 3. The summed E-state index contributed by atoms with van der Waals surface area (Å²) in [5.74, 6) is -0.666. The van der Waals surface area contributed by atoms with Gasteiger partial charge >= 0.3 is 5.97 Å². The van der Waals surface area contributed by atoms with E-state index in [0.29, 0.717) is 6.42 Å². The Labute approximate surface area is 121 Å². The molecule has 0 radical (unpaired) electrons. The van der Waals surface area contributed by atoms with Crippen LogP contribution in [-0.4, -0.2) is 16.9 Å². The average molecular weight is 278 g/mol. The zero-order valence-electron chi connectivity index (χ0n) is 13.2. The van der Waals surface area contributed by atoms with Crippen molar-refractivity contribution in [3.8, 4) is 0 Å². The third-order valence-electron chi connectivity index (χ3n) is 4.98. The summed E-state index contributed by atoms with van der Waals surface area (Å²) >= 11 is 0. The molecular formula is C17H26O3. The number of carbonyl (C=O) groups is 2. The molecule has 3 nitrogen and oxygen atoms in total. The Bertz CT molecular complexity index is 469. The Morgan fingerprint density at radius 2 is 2.00 bits per heavy atom. The van der Waals surface area contributed by atoms with E-state index in [4.69, 9.17) is 5.11 Å². The molecule has 1 N–H and O–H groups in total. The van der Waals surface area contributed by atoms with Crippen molar-refractivity contribution in [1.29, 1.82) is 0 Å². The van der Waals surface area contributed by atoms with Gasteiger partial charge in [0, 0.05) is 12.5 Å².